The number of allylic oxidation sites excluding steroid dienone is 4. The molecule has 0 aliphatic heterocycles. The van der Waals surface area contributed by atoms with Gasteiger partial charge in [-0.05, 0) is 0 Å². The summed E-state index contributed by atoms with van der Waals surface area (Å²) in [7, 11) is 0. The largest absolute Gasteiger partial charge is 4.00 e. The minimum absolute atomic E-state index is 0. The van der Waals surface area contributed by atoms with Crippen LogP contribution >= 0.6 is 0 Å². The van der Waals surface area contributed by atoms with Gasteiger partial charge in [-0.3, -0.25) is 6.08 Å². The van der Waals surface area contributed by atoms with Gasteiger partial charge >= 0.3 is 26.2 Å². The first-order valence-corrected chi connectivity index (χ1v) is 10.5. The van der Waals surface area contributed by atoms with E-state index in [-0.39, 0.29) is 31.6 Å². The molecule has 0 saturated heterocycles. The van der Waals surface area contributed by atoms with Gasteiger partial charge < -0.3 is 0 Å². The van der Waals surface area contributed by atoms with Crippen molar-refractivity contribution in [3.8, 4) is 0 Å². The molecule has 164 valence electrons. The molecular weight excluding hydrogens is 464 g/mol. The molecule has 0 spiro atoms. The molecule has 0 N–H and O–H groups in total. The average molecular weight is 500 g/mol. The fourth-order valence-corrected chi connectivity index (χ4v) is 2.84. The molecule has 1 aliphatic rings. The van der Waals surface area contributed by atoms with Gasteiger partial charge in [0, 0.05) is 0 Å². The summed E-state index contributed by atoms with van der Waals surface area (Å²) in [4.78, 5) is 0. The van der Waals surface area contributed by atoms with E-state index in [1.54, 1.807) is 0 Å². The zero-order valence-electron chi connectivity index (χ0n) is 20.3. The zero-order valence-corrected chi connectivity index (χ0v) is 22.7. The third-order valence-electron chi connectivity index (χ3n) is 5.09. The van der Waals surface area contributed by atoms with Crippen LogP contribution in [0.5, 0.6) is 0 Å². The molecular formula is C31H36Zr. The number of rotatable bonds is 0. The first kappa shape index (κ1) is 29.6. The number of hydrogen-bond acceptors (Lipinski definition) is 0. The maximum Gasteiger partial charge on any atom is 4.00 e. The van der Waals surface area contributed by atoms with Crippen molar-refractivity contribution in [1.29, 1.82) is 0 Å². The molecule has 0 nitrogen and oxygen atoms in total. The van der Waals surface area contributed by atoms with Gasteiger partial charge in [0.25, 0.3) is 0 Å². The molecule has 0 heterocycles. The van der Waals surface area contributed by atoms with Gasteiger partial charge in [0.1, 0.15) is 0 Å². The first-order chi connectivity index (χ1) is 14.6. The summed E-state index contributed by atoms with van der Waals surface area (Å²) in [5.41, 5.74) is 7.61. The van der Waals surface area contributed by atoms with Crippen LogP contribution in [0.25, 0.3) is 0 Å². The van der Waals surface area contributed by atoms with Gasteiger partial charge in [0.15, 0.2) is 0 Å². The van der Waals surface area contributed by atoms with E-state index in [9.17, 15) is 0 Å². The molecule has 0 radical (unpaired) electrons. The molecule has 1 aliphatic carbocycles. The van der Waals surface area contributed by atoms with Crippen LogP contribution in [-0.4, -0.2) is 0 Å². The Labute approximate surface area is 216 Å². The summed E-state index contributed by atoms with van der Waals surface area (Å²) in [6, 6.07) is 29.6. The third kappa shape index (κ3) is 11.9. The van der Waals surface area contributed by atoms with Crippen molar-refractivity contribution < 1.29 is 26.2 Å². The Bertz CT molecular complexity index is 844. The van der Waals surface area contributed by atoms with E-state index in [2.05, 4.69) is 61.5 Å². The van der Waals surface area contributed by atoms with Crippen molar-refractivity contribution in [2.75, 3.05) is 0 Å². The van der Waals surface area contributed by atoms with Crippen molar-refractivity contribution in [2.45, 2.75) is 34.6 Å². The van der Waals surface area contributed by atoms with E-state index in [0.29, 0.717) is 0 Å². The van der Waals surface area contributed by atoms with E-state index >= 15 is 0 Å². The van der Waals surface area contributed by atoms with Crippen LogP contribution in [0.2, 0.25) is 0 Å². The molecule has 0 unspecified atom stereocenters. The molecule has 0 aromatic heterocycles. The van der Waals surface area contributed by atoms with E-state index in [0.717, 1.165) is 16.7 Å². The zero-order chi connectivity index (χ0) is 23.3. The number of benzene rings is 3. The molecule has 0 bridgehead atoms. The van der Waals surface area contributed by atoms with Crippen LogP contribution in [-0.2, 0) is 26.2 Å². The topological polar surface area (TPSA) is 0 Å². The Morgan fingerprint density at radius 2 is 0.844 bits per heavy atom. The summed E-state index contributed by atoms with van der Waals surface area (Å²) < 4.78 is 0. The van der Waals surface area contributed by atoms with Crippen LogP contribution in [0.3, 0.4) is 0 Å². The Morgan fingerprint density at radius 3 is 0.938 bits per heavy atom. The average Bonchev–Trinajstić information content (AvgIpc) is 2.92. The Balaban J connectivity index is 0.000000401. The van der Waals surface area contributed by atoms with Gasteiger partial charge in [-0.1, -0.05) is 51.3 Å². The van der Waals surface area contributed by atoms with Gasteiger partial charge in [0.05, 0.1) is 0 Å². The molecule has 3 aromatic rings. The molecule has 32 heavy (non-hydrogen) atoms. The van der Waals surface area contributed by atoms with E-state index in [1.807, 2.05) is 91.0 Å². The summed E-state index contributed by atoms with van der Waals surface area (Å²) in [6.45, 7) is 22.1. The van der Waals surface area contributed by atoms with Gasteiger partial charge in [-0.15, -0.1) is 43.3 Å². The number of hydrogen-bond donors (Lipinski definition) is 0. The minimum atomic E-state index is 0. The molecule has 0 atom stereocenters. The molecule has 1 heteroatoms. The minimum Gasteiger partial charge on any atom is -0.263 e. The molecule has 0 saturated carbocycles. The van der Waals surface area contributed by atoms with Gasteiger partial charge in [-0.25, -0.2) is 5.57 Å². The monoisotopic (exact) mass is 498 g/mol. The maximum atomic E-state index is 3.72. The fourth-order valence-electron chi connectivity index (χ4n) is 2.84. The van der Waals surface area contributed by atoms with Crippen LogP contribution in [0.4, 0.5) is 0 Å². The maximum absolute atomic E-state index is 3.72. The van der Waals surface area contributed by atoms with Crippen LogP contribution in [0.15, 0.2) is 108 Å². The second-order valence-electron chi connectivity index (χ2n) is 8.08. The van der Waals surface area contributed by atoms with Gasteiger partial charge in [0.2, 0.25) is 0 Å². The van der Waals surface area contributed by atoms with Crippen molar-refractivity contribution in [1.82, 2.24) is 0 Å². The quantitative estimate of drug-likeness (QED) is 0.271. The standard InChI is InChI=1S/C10H15.3C7H7.Zr/c1-7-6-10(4,5)9(3)8(7)2;3*1-7-5-3-2-4-6-7;/h1-5H3;3*2-6H,1H2;/q4*-1;+4. The van der Waals surface area contributed by atoms with E-state index in [4.69, 9.17) is 0 Å². The summed E-state index contributed by atoms with van der Waals surface area (Å²) in [6.07, 6.45) is 3.44. The summed E-state index contributed by atoms with van der Waals surface area (Å²) in [5, 5.41) is 0. The normalized spacial score (nSPS) is 13.0. The molecule has 3 aromatic carbocycles. The van der Waals surface area contributed by atoms with Crippen molar-refractivity contribution in [2.24, 2.45) is 5.41 Å². The van der Waals surface area contributed by atoms with Crippen molar-refractivity contribution in [3.63, 3.8) is 0 Å². The predicted molar refractivity (Wildman–Crippen MR) is 137 cm³/mol. The van der Waals surface area contributed by atoms with Crippen LogP contribution < -0.4 is 0 Å². The third-order valence-corrected chi connectivity index (χ3v) is 5.09. The predicted octanol–water partition coefficient (Wildman–Crippen LogP) is 8.72. The fraction of sp³-hybridized carbons (Fsp3) is 0.194. The summed E-state index contributed by atoms with van der Waals surface area (Å²) >= 11 is 0. The first-order valence-electron chi connectivity index (χ1n) is 10.5. The van der Waals surface area contributed by atoms with Crippen molar-refractivity contribution in [3.05, 3.63) is 151 Å². The molecule has 0 amide bonds. The van der Waals surface area contributed by atoms with E-state index < -0.39 is 0 Å². The van der Waals surface area contributed by atoms with Gasteiger partial charge in [-0.2, -0.15) is 85.0 Å². The Hall–Kier alpha value is -2.37. The SMILES string of the molecule is CC1=[C-]C(C)(C)C(C)=C1C.[CH2-]c1ccccc1.[CH2-]c1ccccc1.[CH2-]c1ccccc1.[Zr+4]. The summed E-state index contributed by atoms with van der Waals surface area (Å²) in [5.74, 6) is 0. The van der Waals surface area contributed by atoms with Crippen LogP contribution in [0, 0.1) is 32.3 Å². The van der Waals surface area contributed by atoms with Crippen molar-refractivity contribution >= 4 is 0 Å². The van der Waals surface area contributed by atoms with E-state index in [1.165, 1.54) is 16.7 Å². The van der Waals surface area contributed by atoms with Crippen LogP contribution in [0.1, 0.15) is 51.3 Å². The molecule has 0 fully saturated rings. The second-order valence-corrected chi connectivity index (χ2v) is 8.08. The second kappa shape index (κ2) is 15.4. The molecule has 4 rings (SSSR count). The Morgan fingerprint density at radius 1 is 0.562 bits per heavy atom. The Kier molecular flexibility index (Phi) is 14.3. The smallest absolute Gasteiger partial charge is 0.263 e.